The summed E-state index contributed by atoms with van der Waals surface area (Å²) in [6, 6.07) is 0. The number of hydrazine groups is 1. The zero-order valence-electron chi connectivity index (χ0n) is 5.58. The second kappa shape index (κ2) is 2.30. The van der Waals surface area contributed by atoms with E-state index in [0.29, 0.717) is 0 Å². The summed E-state index contributed by atoms with van der Waals surface area (Å²) in [6.07, 6.45) is 4.53. The van der Waals surface area contributed by atoms with E-state index in [1.165, 1.54) is 6.42 Å². The van der Waals surface area contributed by atoms with Gasteiger partial charge in [-0.3, -0.25) is 0 Å². The first-order chi connectivity index (χ1) is 4.97. The Morgan fingerprint density at radius 3 is 3.30 bits per heavy atom. The van der Waals surface area contributed by atoms with Crippen molar-refractivity contribution < 1.29 is 4.52 Å². The van der Waals surface area contributed by atoms with Crippen molar-refractivity contribution in [3.63, 3.8) is 0 Å². The van der Waals surface area contributed by atoms with Crippen LogP contribution in [0.15, 0.2) is 17.0 Å². The number of hydrogen-bond acceptors (Lipinski definition) is 4. The molecule has 4 heteroatoms. The highest BCUT2D eigenvalue weighted by Crippen LogP contribution is 2.12. The van der Waals surface area contributed by atoms with Crippen LogP contribution in [0.25, 0.3) is 0 Å². The maximum atomic E-state index is 4.70. The van der Waals surface area contributed by atoms with Crippen LogP contribution in [0.5, 0.6) is 0 Å². The lowest BCUT2D eigenvalue weighted by Gasteiger charge is -2.12. The van der Waals surface area contributed by atoms with Crippen molar-refractivity contribution in [2.45, 2.75) is 6.42 Å². The number of rotatable bonds is 1. The first-order valence-electron chi connectivity index (χ1n) is 3.37. The summed E-state index contributed by atoms with van der Waals surface area (Å²) in [7, 11) is 0. The molecule has 1 aromatic rings. The number of hydrogen-bond donors (Lipinski definition) is 1. The van der Waals surface area contributed by atoms with E-state index in [0.717, 1.165) is 18.8 Å². The molecule has 4 nitrogen and oxygen atoms in total. The molecular weight excluding hydrogens is 130 g/mol. The summed E-state index contributed by atoms with van der Waals surface area (Å²) in [6.45, 7) is 2.09. The third kappa shape index (κ3) is 0.863. The van der Waals surface area contributed by atoms with Crippen molar-refractivity contribution in [3.05, 3.63) is 12.5 Å². The van der Waals surface area contributed by atoms with Crippen LogP contribution in [0.1, 0.15) is 6.42 Å². The summed E-state index contributed by atoms with van der Waals surface area (Å²) in [5.41, 5.74) is 4.20. The molecule has 0 radical (unpaired) electrons. The minimum Gasteiger partial charge on any atom is -0.362 e. The van der Waals surface area contributed by atoms with Gasteiger partial charge in [0.2, 0.25) is 0 Å². The Balaban J connectivity index is 2.12. The summed E-state index contributed by atoms with van der Waals surface area (Å²) < 4.78 is 4.70. The summed E-state index contributed by atoms with van der Waals surface area (Å²) in [5.74, 6) is 0. The average molecular weight is 139 g/mol. The van der Waals surface area contributed by atoms with E-state index >= 15 is 0 Å². The molecule has 10 heavy (non-hydrogen) atoms. The van der Waals surface area contributed by atoms with Gasteiger partial charge in [0.25, 0.3) is 0 Å². The van der Waals surface area contributed by atoms with Gasteiger partial charge in [-0.2, -0.15) is 0 Å². The number of anilines is 1. The molecule has 2 rings (SSSR count). The highest BCUT2D eigenvalue weighted by Gasteiger charge is 2.12. The fourth-order valence-electron chi connectivity index (χ4n) is 1.08. The summed E-state index contributed by atoms with van der Waals surface area (Å²) in [4.78, 5) is 0. The normalized spacial score (nSPS) is 18.2. The largest absolute Gasteiger partial charge is 0.362 e. The fourth-order valence-corrected chi connectivity index (χ4v) is 1.08. The summed E-state index contributed by atoms with van der Waals surface area (Å²) >= 11 is 0. The van der Waals surface area contributed by atoms with Gasteiger partial charge in [0.05, 0.1) is 6.20 Å². The van der Waals surface area contributed by atoms with Crippen molar-refractivity contribution in [3.8, 4) is 0 Å². The van der Waals surface area contributed by atoms with Gasteiger partial charge in [0, 0.05) is 13.1 Å². The van der Waals surface area contributed by atoms with E-state index in [-0.39, 0.29) is 0 Å². The van der Waals surface area contributed by atoms with E-state index in [2.05, 4.69) is 10.6 Å². The zero-order chi connectivity index (χ0) is 6.81. The Morgan fingerprint density at radius 2 is 2.70 bits per heavy atom. The van der Waals surface area contributed by atoms with Crippen LogP contribution >= 0.6 is 0 Å². The van der Waals surface area contributed by atoms with Crippen molar-refractivity contribution in [2.75, 3.05) is 18.1 Å². The van der Waals surface area contributed by atoms with Gasteiger partial charge in [-0.05, 0) is 6.42 Å². The molecule has 1 fully saturated rings. The third-order valence-electron chi connectivity index (χ3n) is 1.59. The molecule has 1 aliphatic heterocycles. The first kappa shape index (κ1) is 5.73. The minimum absolute atomic E-state index is 1.01. The molecule has 1 saturated heterocycles. The number of nitrogens with one attached hydrogen (secondary N) is 1. The third-order valence-corrected chi connectivity index (χ3v) is 1.59. The van der Waals surface area contributed by atoms with Crippen molar-refractivity contribution >= 4 is 5.69 Å². The summed E-state index contributed by atoms with van der Waals surface area (Å²) in [5, 5.41) is 5.65. The average Bonchev–Trinajstić information content (AvgIpc) is 2.59. The van der Waals surface area contributed by atoms with Crippen molar-refractivity contribution in [2.24, 2.45) is 0 Å². The predicted molar refractivity (Wildman–Crippen MR) is 36.5 cm³/mol. The Bertz CT molecular complexity index is 191. The van der Waals surface area contributed by atoms with Crippen LogP contribution in [-0.4, -0.2) is 18.2 Å². The van der Waals surface area contributed by atoms with Crippen LogP contribution in [0.2, 0.25) is 0 Å². The van der Waals surface area contributed by atoms with Gasteiger partial charge in [-0.15, -0.1) is 0 Å². The predicted octanol–water partition coefficient (Wildman–Crippen LogP) is 0.389. The van der Waals surface area contributed by atoms with Crippen molar-refractivity contribution in [1.82, 2.24) is 10.6 Å². The quantitative estimate of drug-likeness (QED) is 0.611. The second-order valence-corrected chi connectivity index (χ2v) is 2.30. The lowest BCUT2D eigenvalue weighted by molar-refractivity contribution is 0.419. The molecule has 0 unspecified atom stereocenters. The van der Waals surface area contributed by atoms with E-state index in [1.807, 2.05) is 5.01 Å². The van der Waals surface area contributed by atoms with E-state index < -0.39 is 0 Å². The number of nitrogens with zero attached hydrogens (tertiary/aromatic N) is 2. The van der Waals surface area contributed by atoms with E-state index in [9.17, 15) is 0 Å². The van der Waals surface area contributed by atoms with Crippen LogP contribution in [-0.2, 0) is 0 Å². The molecule has 1 aliphatic rings. The SMILES string of the molecule is c1nocc1N1CCCN1. The van der Waals surface area contributed by atoms with Gasteiger partial charge in [-0.1, -0.05) is 5.16 Å². The lowest BCUT2D eigenvalue weighted by atomic mass is 10.4. The Morgan fingerprint density at radius 1 is 1.70 bits per heavy atom. The molecule has 0 atom stereocenters. The fraction of sp³-hybridized carbons (Fsp3) is 0.500. The van der Waals surface area contributed by atoms with Gasteiger partial charge < -0.3 is 9.53 Å². The van der Waals surface area contributed by atoms with Crippen LogP contribution in [0.4, 0.5) is 5.69 Å². The lowest BCUT2D eigenvalue weighted by Crippen LogP contribution is -2.29. The van der Waals surface area contributed by atoms with Crippen molar-refractivity contribution in [1.29, 1.82) is 0 Å². The first-order valence-corrected chi connectivity index (χ1v) is 3.37. The highest BCUT2D eigenvalue weighted by molar-refractivity contribution is 5.39. The molecule has 1 aromatic heterocycles. The number of aromatic nitrogens is 1. The van der Waals surface area contributed by atoms with E-state index in [4.69, 9.17) is 4.52 Å². The van der Waals surface area contributed by atoms with Crippen LogP contribution in [0, 0.1) is 0 Å². The Labute approximate surface area is 58.8 Å². The molecule has 1 N–H and O–H groups in total. The second-order valence-electron chi connectivity index (χ2n) is 2.30. The Kier molecular flexibility index (Phi) is 1.32. The molecule has 0 amide bonds. The van der Waals surface area contributed by atoms with Crippen LogP contribution in [0.3, 0.4) is 0 Å². The molecule has 0 bridgehead atoms. The maximum Gasteiger partial charge on any atom is 0.148 e. The van der Waals surface area contributed by atoms with E-state index in [1.54, 1.807) is 12.5 Å². The topological polar surface area (TPSA) is 41.3 Å². The van der Waals surface area contributed by atoms with Gasteiger partial charge in [0.15, 0.2) is 0 Å². The Hall–Kier alpha value is -1.03. The minimum atomic E-state index is 1.01. The molecular formula is C6H9N3O. The van der Waals surface area contributed by atoms with Gasteiger partial charge in [0.1, 0.15) is 12.0 Å². The molecule has 0 aliphatic carbocycles. The maximum absolute atomic E-state index is 4.70. The smallest absolute Gasteiger partial charge is 0.148 e. The highest BCUT2D eigenvalue weighted by atomic mass is 16.5. The van der Waals surface area contributed by atoms with Gasteiger partial charge >= 0.3 is 0 Å². The monoisotopic (exact) mass is 139 g/mol. The molecule has 0 aromatic carbocycles. The molecule has 0 spiro atoms. The molecule has 0 saturated carbocycles. The standard InChI is InChI=1S/C6H9N3O/c1-2-7-9(3-1)6-4-8-10-5-6/h4-5,7H,1-3H2. The molecule has 2 heterocycles. The zero-order valence-corrected chi connectivity index (χ0v) is 5.58. The van der Waals surface area contributed by atoms with Crippen LogP contribution < -0.4 is 10.4 Å². The molecule has 54 valence electrons. The van der Waals surface area contributed by atoms with Gasteiger partial charge in [-0.25, -0.2) is 5.43 Å².